The van der Waals surface area contributed by atoms with Gasteiger partial charge in [-0.05, 0) is 65.6 Å². The quantitative estimate of drug-likeness (QED) is 0.547. The van der Waals surface area contributed by atoms with Crippen LogP contribution in [0.5, 0.6) is 11.5 Å². The maximum atomic E-state index is 11.5. The third-order valence-corrected chi connectivity index (χ3v) is 4.39. The van der Waals surface area contributed by atoms with E-state index < -0.39 is 11.7 Å². The smallest absolute Gasteiger partial charge is 0.428 e. The van der Waals surface area contributed by atoms with E-state index in [-0.39, 0.29) is 5.75 Å². The first-order chi connectivity index (χ1) is 10.2. The summed E-state index contributed by atoms with van der Waals surface area (Å²) in [7, 11) is 0. The molecule has 0 fully saturated rings. The maximum Gasteiger partial charge on any atom is 0.428 e. The predicted octanol–water partition coefficient (Wildman–Crippen LogP) is 4.17. The molecule has 0 radical (unpaired) electrons. The molecule has 0 saturated heterocycles. The molecule has 1 amide bonds. The molecule has 0 unspecified atom stereocenters. The molecule has 0 saturated carbocycles. The Morgan fingerprint density at radius 2 is 2.05 bits per heavy atom. The van der Waals surface area contributed by atoms with Crippen molar-refractivity contribution >= 4 is 44.2 Å². The first-order valence-corrected chi connectivity index (χ1v) is 8.10. The number of benzene rings is 1. The standard InChI is InChI=1S/C14H18Br2N2O4/c1-5-21-9-6-8(10(15)11(16)12(9)19)7-17-18-13(20)22-14(2,3)4/h6-7,19H,5H2,1-4H3,(H,18,20)/b17-7-. The summed E-state index contributed by atoms with van der Waals surface area (Å²) in [6.45, 7) is 7.51. The van der Waals surface area contributed by atoms with E-state index in [1.807, 2.05) is 6.92 Å². The van der Waals surface area contributed by atoms with Crippen LogP contribution in [0.1, 0.15) is 33.3 Å². The Labute approximate surface area is 146 Å². The van der Waals surface area contributed by atoms with Crippen molar-refractivity contribution in [2.75, 3.05) is 6.61 Å². The van der Waals surface area contributed by atoms with Crippen molar-refractivity contribution < 1.29 is 19.4 Å². The lowest BCUT2D eigenvalue weighted by atomic mass is 10.2. The van der Waals surface area contributed by atoms with E-state index in [0.29, 0.717) is 26.9 Å². The van der Waals surface area contributed by atoms with Gasteiger partial charge in [0, 0.05) is 10.0 Å². The Balaban J connectivity index is 2.89. The average molecular weight is 438 g/mol. The van der Waals surface area contributed by atoms with Crippen molar-refractivity contribution in [2.24, 2.45) is 5.10 Å². The van der Waals surface area contributed by atoms with Gasteiger partial charge in [0.05, 0.1) is 17.3 Å². The van der Waals surface area contributed by atoms with Crippen LogP contribution in [-0.2, 0) is 4.74 Å². The number of rotatable bonds is 4. The number of phenols is 1. The van der Waals surface area contributed by atoms with Gasteiger partial charge in [-0.1, -0.05) is 0 Å². The molecule has 122 valence electrons. The number of nitrogens with one attached hydrogen (secondary N) is 1. The third-order valence-electron chi connectivity index (χ3n) is 2.23. The second kappa shape index (κ2) is 7.82. The summed E-state index contributed by atoms with van der Waals surface area (Å²) in [5.41, 5.74) is 2.29. The van der Waals surface area contributed by atoms with Gasteiger partial charge in [-0.3, -0.25) is 0 Å². The highest BCUT2D eigenvalue weighted by Gasteiger charge is 2.16. The zero-order valence-electron chi connectivity index (χ0n) is 12.7. The van der Waals surface area contributed by atoms with Crippen LogP contribution >= 0.6 is 31.9 Å². The van der Waals surface area contributed by atoms with E-state index in [1.54, 1.807) is 26.8 Å². The van der Waals surface area contributed by atoms with Crippen molar-refractivity contribution in [3.05, 3.63) is 20.6 Å². The van der Waals surface area contributed by atoms with E-state index in [1.165, 1.54) is 6.21 Å². The number of carbonyl (C=O) groups excluding carboxylic acids is 1. The fourth-order valence-electron chi connectivity index (χ4n) is 1.43. The minimum atomic E-state index is -0.650. The molecule has 0 aliphatic rings. The number of nitrogens with zero attached hydrogens (tertiary/aromatic N) is 1. The SMILES string of the molecule is CCOc1cc(/C=N\NC(=O)OC(C)(C)C)c(Br)c(Br)c1O. The molecule has 8 heteroatoms. The lowest BCUT2D eigenvalue weighted by Gasteiger charge is -2.18. The van der Waals surface area contributed by atoms with Gasteiger partial charge in [0.25, 0.3) is 0 Å². The summed E-state index contributed by atoms with van der Waals surface area (Å²) < 4.78 is 11.4. The van der Waals surface area contributed by atoms with Gasteiger partial charge >= 0.3 is 6.09 Å². The van der Waals surface area contributed by atoms with Crippen LogP contribution in [0.4, 0.5) is 4.79 Å². The number of phenolic OH excluding ortho intramolecular Hbond substituents is 1. The fraction of sp³-hybridized carbons (Fsp3) is 0.429. The summed E-state index contributed by atoms with van der Waals surface area (Å²) in [5, 5.41) is 13.8. The Bertz CT molecular complexity index is 583. The molecule has 0 spiro atoms. The minimum Gasteiger partial charge on any atom is -0.503 e. The summed E-state index contributed by atoms with van der Waals surface area (Å²) in [6.07, 6.45) is 0.767. The number of hydrazone groups is 1. The molecule has 1 aromatic rings. The molecular formula is C14H18Br2N2O4. The topological polar surface area (TPSA) is 80.2 Å². The first kappa shape index (κ1) is 18.8. The zero-order valence-corrected chi connectivity index (χ0v) is 15.9. The van der Waals surface area contributed by atoms with E-state index in [4.69, 9.17) is 9.47 Å². The Morgan fingerprint density at radius 3 is 2.59 bits per heavy atom. The van der Waals surface area contributed by atoms with E-state index in [2.05, 4.69) is 42.4 Å². The van der Waals surface area contributed by atoms with Gasteiger partial charge < -0.3 is 14.6 Å². The van der Waals surface area contributed by atoms with Crippen LogP contribution in [0.25, 0.3) is 0 Å². The van der Waals surface area contributed by atoms with Crippen LogP contribution in [0, 0.1) is 0 Å². The second-order valence-electron chi connectivity index (χ2n) is 5.25. The van der Waals surface area contributed by atoms with Crippen LogP contribution in [0.3, 0.4) is 0 Å². The van der Waals surface area contributed by atoms with E-state index in [9.17, 15) is 9.90 Å². The van der Waals surface area contributed by atoms with Crippen molar-refractivity contribution in [3.63, 3.8) is 0 Å². The van der Waals surface area contributed by atoms with Gasteiger partial charge in [0.1, 0.15) is 5.60 Å². The van der Waals surface area contributed by atoms with Crippen molar-refractivity contribution in [2.45, 2.75) is 33.3 Å². The number of carbonyl (C=O) groups is 1. The van der Waals surface area contributed by atoms with Crippen LogP contribution in [0.2, 0.25) is 0 Å². The van der Waals surface area contributed by atoms with Gasteiger partial charge in [0.2, 0.25) is 0 Å². The zero-order chi connectivity index (χ0) is 16.9. The molecule has 0 aliphatic heterocycles. The van der Waals surface area contributed by atoms with Gasteiger partial charge in [-0.15, -0.1) is 0 Å². The number of hydrogen-bond acceptors (Lipinski definition) is 5. The minimum absolute atomic E-state index is 0.00836. The molecule has 0 aromatic heterocycles. The van der Waals surface area contributed by atoms with E-state index in [0.717, 1.165) is 0 Å². The molecule has 2 N–H and O–H groups in total. The fourth-order valence-corrected chi connectivity index (χ4v) is 2.26. The lowest BCUT2D eigenvalue weighted by molar-refractivity contribution is 0.0529. The summed E-state index contributed by atoms with van der Waals surface area (Å²) >= 11 is 6.60. The van der Waals surface area contributed by atoms with Crippen LogP contribution in [-0.4, -0.2) is 29.6 Å². The summed E-state index contributed by atoms with van der Waals surface area (Å²) in [4.78, 5) is 11.5. The molecule has 0 heterocycles. The van der Waals surface area contributed by atoms with Crippen molar-refractivity contribution in [1.82, 2.24) is 5.43 Å². The second-order valence-corrected chi connectivity index (χ2v) is 6.83. The first-order valence-electron chi connectivity index (χ1n) is 6.51. The number of halogens is 2. The van der Waals surface area contributed by atoms with Crippen LogP contribution in [0.15, 0.2) is 20.1 Å². The lowest BCUT2D eigenvalue weighted by Crippen LogP contribution is -2.29. The van der Waals surface area contributed by atoms with Crippen molar-refractivity contribution in [1.29, 1.82) is 0 Å². The number of aromatic hydroxyl groups is 1. The molecule has 0 aliphatic carbocycles. The molecule has 0 bridgehead atoms. The summed E-state index contributed by atoms with van der Waals surface area (Å²) in [5.74, 6) is 0.308. The van der Waals surface area contributed by atoms with Gasteiger partial charge in [-0.25, -0.2) is 10.2 Å². The van der Waals surface area contributed by atoms with Gasteiger partial charge in [0.15, 0.2) is 11.5 Å². The van der Waals surface area contributed by atoms with E-state index >= 15 is 0 Å². The molecule has 1 aromatic carbocycles. The number of amides is 1. The Kier molecular flexibility index (Phi) is 6.67. The highest BCUT2D eigenvalue weighted by atomic mass is 79.9. The molecule has 1 rings (SSSR count). The predicted molar refractivity (Wildman–Crippen MR) is 91.6 cm³/mol. The highest BCUT2D eigenvalue weighted by Crippen LogP contribution is 2.41. The highest BCUT2D eigenvalue weighted by molar-refractivity contribution is 9.13. The summed E-state index contributed by atoms with van der Waals surface area (Å²) in [6, 6.07) is 1.61. The number of ether oxygens (including phenoxy) is 2. The Hall–Kier alpha value is -1.28. The normalized spacial score (nSPS) is 11.5. The maximum absolute atomic E-state index is 11.5. The third kappa shape index (κ3) is 5.49. The van der Waals surface area contributed by atoms with Crippen molar-refractivity contribution in [3.8, 4) is 11.5 Å². The number of hydrogen-bond donors (Lipinski definition) is 2. The molecular weight excluding hydrogens is 420 g/mol. The van der Waals surface area contributed by atoms with Crippen LogP contribution < -0.4 is 10.2 Å². The molecule has 6 nitrogen and oxygen atoms in total. The monoisotopic (exact) mass is 436 g/mol. The average Bonchev–Trinajstić information content (AvgIpc) is 2.39. The largest absolute Gasteiger partial charge is 0.503 e. The molecule has 0 atom stereocenters. The molecule has 22 heavy (non-hydrogen) atoms. The van der Waals surface area contributed by atoms with Gasteiger partial charge in [-0.2, -0.15) is 5.10 Å². The Morgan fingerprint density at radius 1 is 1.41 bits per heavy atom.